The number of aliphatic hydroxyl groups is 1. The summed E-state index contributed by atoms with van der Waals surface area (Å²) < 4.78 is 11.0. The molecule has 0 aliphatic heterocycles. The lowest BCUT2D eigenvalue weighted by Crippen LogP contribution is -2.16. The van der Waals surface area contributed by atoms with Gasteiger partial charge in [0.1, 0.15) is 11.5 Å². The van der Waals surface area contributed by atoms with Gasteiger partial charge in [-0.3, -0.25) is 0 Å². The minimum absolute atomic E-state index is 0.119. The molecule has 2 unspecified atom stereocenters. The predicted octanol–water partition coefficient (Wildman–Crippen LogP) is 1.98. The van der Waals surface area contributed by atoms with Gasteiger partial charge < -0.3 is 19.9 Å². The average molecular weight is 253 g/mol. The lowest BCUT2D eigenvalue weighted by Gasteiger charge is -2.18. The van der Waals surface area contributed by atoms with Crippen LogP contribution in [0.5, 0.6) is 11.5 Å². The van der Waals surface area contributed by atoms with E-state index in [9.17, 15) is 0 Å². The number of methoxy groups -OCH3 is 1. The minimum atomic E-state index is 0.119. The summed E-state index contributed by atoms with van der Waals surface area (Å²) in [6, 6.07) is 6.01. The van der Waals surface area contributed by atoms with Gasteiger partial charge in [-0.15, -0.1) is 0 Å². The third kappa shape index (κ3) is 3.89. The molecule has 4 heteroatoms. The summed E-state index contributed by atoms with van der Waals surface area (Å²) in [6.45, 7) is 4.64. The van der Waals surface area contributed by atoms with Crippen LogP contribution in [-0.2, 0) is 0 Å². The Labute approximate surface area is 109 Å². The standard InChI is InChI=1S/C14H23NO3/c1-10(8-16)9-18-14-7-12(17-4)5-6-13(14)11(2)15-3/h5-7,10-11,15-16H,8-9H2,1-4H3. The topological polar surface area (TPSA) is 50.7 Å². The Hall–Kier alpha value is -1.26. The Morgan fingerprint density at radius 1 is 1.33 bits per heavy atom. The second-order valence-electron chi connectivity index (χ2n) is 4.51. The number of ether oxygens (including phenoxy) is 2. The number of nitrogens with one attached hydrogen (secondary N) is 1. The van der Waals surface area contributed by atoms with Crippen LogP contribution in [-0.4, -0.2) is 32.5 Å². The van der Waals surface area contributed by atoms with Crippen molar-refractivity contribution in [3.8, 4) is 11.5 Å². The number of hydrogen-bond acceptors (Lipinski definition) is 4. The maximum atomic E-state index is 9.02. The van der Waals surface area contributed by atoms with Gasteiger partial charge in [0.2, 0.25) is 0 Å². The Morgan fingerprint density at radius 2 is 2.06 bits per heavy atom. The first kappa shape index (κ1) is 14.8. The fourth-order valence-electron chi connectivity index (χ4n) is 1.56. The van der Waals surface area contributed by atoms with E-state index in [4.69, 9.17) is 14.6 Å². The first-order chi connectivity index (χ1) is 8.62. The summed E-state index contributed by atoms with van der Waals surface area (Å²) in [5.74, 6) is 1.69. The smallest absolute Gasteiger partial charge is 0.127 e. The molecule has 0 aromatic heterocycles. The molecule has 0 bridgehead atoms. The number of hydrogen-bond donors (Lipinski definition) is 2. The zero-order valence-corrected chi connectivity index (χ0v) is 11.6. The molecular formula is C14H23NO3. The lowest BCUT2D eigenvalue weighted by atomic mass is 10.1. The largest absolute Gasteiger partial charge is 0.497 e. The number of benzene rings is 1. The zero-order chi connectivity index (χ0) is 13.5. The maximum absolute atomic E-state index is 9.02. The van der Waals surface area contributed by atoms with E-state index in [1.54, 1.807) is 7.11 Å². The summed E-state index contributed by atoms with van der Waals surface area (Å²) in [5, 5.41) is 12.2. The molecule has 18 heavy (non-hydrogen) atoms. The van der Waals surface area contributed by atoms with Crippen molar-refractivity contribution < 1.29 is 14.6 Å². The van der Waals surface area contributed by atoms with Crippen LogP contribution in [0.25, 0.3) is 0 Å². The van der Waals surface area contributed by atoms with Gasteiger partial charge in [-0.05, 0) is 20.0 Å². The van der Waals surface area contributed by atoms with Gasteiger partial charge in [-0.1, -0.05) is 13.0 Å². The molecule has 0 aliphatic rings. The normalized spacial score (nSPS) is 14.1. The summed E-state index contributed by atoms with van der Waals surface area (Å²) in [5.41, 5.74) is 1.09. The monoisotopic (exact) mass is 253 g/mol. The van der Waals surface area contributed by atoms with Crippen LogP contribution in [0.15, 0.2) is 18.2 Å². The molecule has 0 spiro atoms. The van der Waals surface area contributed by atoms with Gasteiger partial charge in [-0.2, -0.15) is 0 Å². The van der Waals surface area contributed by atoms with E-state index < -0.39 is 0 Å². The van der Waals surface area contributed by atoms with Crippen molar-refractivity contribution in [2.45, 2.75) is 19.9 Å². The van der Waals surface area contributed by atoms with Crippen molar-refractivity contribution in [2.75, 3.05) is 27.4 Å². The Bertz CT molecular complexity index is 368. The molecule has 1 aromatic carbocycles. The summed E-state index contributed by atoms with van der Waals surface area (Å²) in [6.07, 6.45) is 0. The highest BCUT2D eigenvalue weighted by Crippen LogP contribution is 2.29. The molecule has 1 aromatic rings. The van der Waals surface area contributed by atoms with E-state index in [1.807, 2.05) is 32.2 Å². The highest BCUT2D eigenvalue weighted by atomic mass is 16.5. The Balaban J connectivity index is 2.89. The van der Waals surface area contributed by atoms with Crippen LogP contribution in [0.1, 0.15) is 25.5 Å². The Kier molecular flexibility index (Phi) is 5.95. The van der Waals surface area contributed by atoms with Gasteiger partial charge in [0, 0.05) is 30.2 Å². The fourth-order valence-corrected chi connectivity index (χ4v) is 1.56. The van der Waals surface area contributed by atoms with Crippen molar-refractivity contribution in [2.24, 2.45) is 5.92 Å². The van der Waals surface area contributed by atoms with E-state index in [-0.39, 0.29) is 18.6 Å². The van der Waals surface area contributed by atoms with E-state index in [1.165, 1.54) is 0 Å². The van der Waals surface area contributed by atoms with Crippen LogP contribution < -0.4 is 14.8 Å². The average Bonchev–Trinajstić information content (AvgIpc) is 2.43. The minimum Gasteiger partial charge on any atom is -0.497 e. The molecule has 1 rings (SSSR count). The zero-order valence-electron chi connectivity index (χ0n) is 11.6. The van der Waals surface area contributed by atoms with Crippen LogP contribution >= 0.6 is 0 Å². The van der Waals surface area contributed by atoms with Gasteiger partial charge in [0.15, 0.2) is 0 Å². The third-order valence-corrected chi connectivity index (χ3v) is 2.96. The van der Waals surface area contributed by atoms with Gasteiger partial charge in [0.05, 0.1) is 13.7 Å². The third-order valence-electron chi connectivity index (χ3n) is 2.96. The van der Waals surface area contributed by atoms with Gasteiger partial charge in [0.25, 0.3) is 0 Å². The maximum Gasteiger partial charge on any atom is 0.127 e. The van der Waals surface area contributed by atoms with Crippen molar-refractivity contribution in [1.29, 1.82) is 0 Å². The van der Waals surface area contributed by atoms with E-state index in [0.717, 1.165) is 17.1 Å². The summed E-state index contributed by atoms with van der Waals surface area (Å²) in [4.78, 5) is 0. The lowest BCUT2D eigenvalue weighted by molar-refractivity contribution is 0.173. The highest BCUT2D eigenvalue weighted by molar-refractivity contribution is 5.42. The Morgan fingerprint density at radius 3 is 2.61 bits per heavy atom. The first-order valence-electron chi connectivity index (χ1n) is 6.21. The molecule has 0 fully saturated rings. The number of rotatable bonds is 7. The van der Waals surface area contributed by atoms with Gasteiger partial charge in [-0.25, -0.2) is 0 Å². The quantitative estimate of drug-likeness (QED) is 0.780. The molecule has 0 saturated heterocycles. The molecule has 0 saturated carbocycles. The van der Waals surface area contributed by atoms with Crippen molar-refractivity contribution in [3.63, 3.8) is 0 Å². The van der Waals surface area contributed by atoms with Crippen LogP contribution in [0, 0.1) is 5.92 Å². The fraction of sp³-hybridized carbons (Fsp3) is 0.571. The molecule has 0 amide bonds. The van der Waals surface area contributed by atoms with E-state index >= 15 is 0 Å². The first-order valence-corrected chi connectivity index (χ1v) is 6.21. The molecule has 2 N–H and O–H groups in total. The molecule has 0 heterocycles. The molecule has 0 radical (unpaired) electrons. The summed E-state index contributed by atoms with van der Waals surface area (Å²) >= 11 is 0. The second-order valence-corrected chi connectivity index (χ2v) is 4.51. The SMILES string of the molecule is CNC(C)c1ccc(OC)cc1OCC(C)CO. The predicted molar refractivity (Wildman–Crippen MR) is 72.2 cm³/mol. The van der Waals surface area contributed by atoms with Crippen LogP contribution in [0.3, 0.4) is 0 Å². The van der Waals surface area contributed by atoms with Crippen molar-refractivity contribution in [3.05, 3.63) is 23.8 Å². The van der Waals surface area contributed by atoms with Crippen LogP contribution in [0.4, 0.5) is 0 Å². The van der Waals surface area contributed by atoms with E-state index in [2.05, 4.69) is 12.2 Å². The summed E-state index contributed by atoms with van der Waals surface area (Å²) in [7, 11) is 3.55. The van der Waals surface area contributed by atoms with Crippen molar-refractivity contribution in [1.82, 2.24) is 5.32 Å². The second kappa shape index (κ2) is 7.24. The molecule has 0 aliphatic carbocycles. The van der Waals surface area contributed by atoms with Crippen LogP contribution in [0.2, 0.25) is 0 Å². The molecular weight excluding hydrogens is 230 g/mol. The van der Waals surface area contributed by atoms with E-state index in [0.29, 0.717) is 6.61 Å². The van der Waals surface area contributed by atoms with Crippen molar-refractivity contribution >= 4 is 0 Å². The van der Waals surface area contributed by atoms with Gasteiger partial charge >= 0.3 is 0 Å². The highest BCUT2D eigenvalue weighted by Gasteiger charge is 2.12. The molecule has 2 atom stereocenters. The molecule has 102 valence electrons. The molecule has 4 nitrogen and oxygen atoms in total. The number of aliphatic hydroxyl groups excluding tert-OH is 1.